The number of hydrogen-bond donors (Lipinski definition) is 3. The second-order valence-electron chi connectivity index (χ2n) is 12.4. The zero-order valence-electron chi connectivity index (χ0n) is 26.4. The number of piperidine rings is 1. The predicted molar refractivity (Wildman–Crippen MR) is 165 cm³/mol. The highest BCUT2D eigenvalue weighted by molar-refractivity contribution is 7.89. The molecule has 43 heavy (non-hydrogen) atoms. The van der Waals surface area contributed by atoms with Crippen LogP contribution in [-0.2, 0) is 19.6 Å². The van der Waals surface area contributed by atoms with E-state index in [1.807, 2.05) is 30.9 Å². The van der Waals surface area contributed by atoms with Crippen molar-refractivity contribution in [2.24, 2.45) is 5.92 Å². The zero-order valence-corrected chi connectivity index (χ0v) is 27.2. The standard InChI is InChI=1S/C31H48N6O5S/c1-7-8-15-37-29(39)26(20-21(2)3)32-30(40)31(37)13-16-36(17-14-31)28(27-22(4)33-34-23(27)5)24-9-11-25(12-10-24)43(41,42)35(6)18-19-38/h9-12,21,26,28,38H,7-8,13-20H2,1-6H3,(H,32,40)(H,33,34)/t26-,28?/m0/s1. The van der Waals surface area contributed by atoms with E-state index in [4.69, 9.17) is 0 Å². The fourth-order valence-electron chi connectivity index (χ4n) is 6.58. The van der Waals surface area contributed by atoms with Crippen molar-refractivity contribution in [2.75, 3.05) is 39.8 Å². The molecule has 2 aliphatic heterocycles. The molecule has 11 nitrogen and oxygen atoms in total. The molecule has 1 unspecified atom stereocenters. The number of aromatic amines is 1. The number of carbonyl (C=O) groups is 2. The lowest BCUT2D eigenvalue weighted by atomic mass is 9.79. The largest absolute Gasteiger partial charge is 0.395 e. The Morgan fingerprint density at radius 2 is 1.79 bits per heavy atom. The molecule has 1 aromatic carbocycles. The first-order chi connectivity index (χ1) is 20.4. The molecule has 1 spiro atoms. The van der Waals surface area contributed by atoms with Crippen LogP contribution < -0.4 is 5.32 Å². The lowest BCUT2D eigenvalue weighted by Gasteiger charge is -2.52. The highest BCUT2D eigenvalue weighted by Gasteiger charge is 2.54. The summed E-state index contributed by atoms with van der Waals surface area (Å²) in [5.74, 6) is 0.260. The van der Waals surface area contributed by atoms with E-state index in [0.717, 1.165) is 39.7 Å². The van der Waals surface area contributed by atoms with Crippen LogP contribution in [0.25, 0.3) is 0 Å². The second kappa shape index (κ2) is 13.5. The minimum Gasteiger partial charge on any atom is -0.395 e. The summed E-state index contributed by atoms with van der Waals surface area (Å²) in [7, 11) is -2.29. The number of H-pyrrole nitrogens is 1. The average Bonchev–Trinajstić information content (AvgIpc) is 3.30. The van der Waals surface area contributed by atoms with Crippen LogP contribution >= 0.6 is 0 Å². The Morgan fingerprint density at radius 1 is 1.14 bits per heavy atom. The van der Waals surface area contributed by atoms with Gasteiger partial charge in [0, 0.05) is 44.5 Å². The fourth-order valence-corrected chi connectivity index (χ4v) is 7.74. The van der Waals surface area contributed by atoms with Gasteiger partial charge in [0.25, 0.3) is 0 Å². The van der Waals surface area contributed by atoms with E-state index in [2.05, 4.69) is 41.2 Å². The number of likely N-dealkylation sites (N-methyl/N-ethyl adjacent to an activating group) is 1. The minimum atomic E-state index is -3.74. The number of nitrogens with zero attached hydrogens (tertiary/aromatic N) is 4. The number of likely N-dealkylation sites (tertiary alicyclic amines) is 1. The van der Waals surface area contributed by atoms with E-state index in [0.29, 0.717) is 38.9 Å². The maximum atomic E-state index is 13.8. The molecule has 2 amide bonds. The Labute approximate surface area is 256 Å². The third-order valence-corrected chi connectivity index (χ3v) is 10.9. The van der Waals surface area contributed by atoms with Crippen molar-refractivity contribution in [3.8, 4) is 0 Å². The summed E-state index contributed by atoms with van der Waals surface area (Å²) in [5, 5.41) is 19.8. The van der Waals surface area contributed by atoms with Crippen LogP contribution in [0.4, 0.5) is 0 Å². The van der Waals surface area contributed by atoms with E-state index < -0.39 is 21.6 Å². The molecule has 0 saturated carbocycles. The molecule has 3 heterocycles. The number of benzene rings is 1. The number of aliphatic hydroxyl groups is 1. The Morgan fingerprint density at radius 3 is 2.33 bits per heavy atom. The lowest BCUT2D eigenvalue weighted by molar-refractivity contribution is -0.162. The summed E-state index contributed by atoms with van der Waals surface area (Å²) in [5.41, 5.74) is 2.84. The fraction of sp³-hybridized carbons (Fsp3) is 0.645. The molecule has 4 rings (SSSR count). The number of aliphatic hydroxyl groups excluding tert-OH is 1. The molecule has 12 heteroatoms. The first-order valence-electron chi connectivity index (χ1n) is 15.4. The molecule has 238 valence electrons. The highest BCUT2D eigenvalue weighted by atomic mass is 32.2. The van der Waals surface area contributed by atoms with E-state index >= 15 is 0 Å². The molecule has 3 N–H and O–H groups in total. The number of amides is 2. The number of carbonyl (C=O) groups excluding carboxylic acids is 2. The van der Waals surface area contributed by atoms with Crippen molar-refractivity contribution in [1.29, 1.82) is 0 Å². The molecule has 2 saturated heterocycles. The molecule has 0 aliphatic carbocycles. The van der Waals surface area contributed by atoms with Gasteiger partial charge in [0.1, 0.15) is 11.6 Å². The number of piperazine rings is 1. The van der Waals surface area contributed by atoms with Crippen molar-refractivity contribution >= 4 is 21.8 Å². The normalized spacial score (nSPS) is 20.3. The van der Waals surface area contributed by atoms with Gasteiger partial charge in [0.15, 0.2) is 0 Å². The van der Waals surface area contributed by atoms with Gasteiger partial charge < -0.3 is 15.3 Å². The predicted octanol–water partition coefficient (Wildman–Crippen LogP) is 2.74. The van der Waals surface area contributed by atoms with Crippen molar-refractivity contribution in [2.45, 2.75) is 89.2 Å². The van der Waals surface area contributed by atoms with E-state index in [9.17, 15) is 23.1 Å². The quantitative estimate of drug-likeness (QED) is 0.333. The molecule has 0 bridgehead atoms. The van der Waals surface area contributed by atoms with Crippen LogP contribution in [0.5, 0.6) is 0 Å². The maximum absolute atomic E-state index is 13.8. The van der Waals surface area contributed by atoms with Gasteiger partial charge in [-0.2, -0.15) is 9.40 Å². The third kappa shape index (κ3) is 6.52. The van der Waals surface area contributed by atoms with Gasteiger partial charge in [-0.1, -0.05) is 39.3 Å². The van der Waals surface area contributed by atoms with Crippen LogP contribution in [0.2, 0.25) is 0 Å². The first-order valence-corrected chi connectivity index (χ1v) is 16.9. The minimum absolute atomic E-state index is 0.0131. The Balaban J connectivity index is 1.65. The van der Waals surface area contributed by atoms with Crippen molar-refractivity contribution < 1.29 is 23.1 Å². The van der Waals surface area contributed by atoms with Gasteiger partial charge >= 0.3 is 0 Å². The molecular weight excluding hydrogens is 568 g/mol. The van der Waals surface area contributed by atoms with Gasteiger partial charge in [0.05, 0.1) is 23.2 Å². The molecule has 2 fully saturated rings. The van der Waals surface area contributed by atoms with Gasteiger partial charge in [-0.3, -0.25) is 19.6 Å². The topological polar surface area (TPSA) is 139 Å². The molecule has 2 aromatic rings. The Kier molecular flexibility index (Phi) is 10.4. The van der Waals surface area contributed by atoms with E-state index in [1.165, 1.54) is 7.05 Å². The van der Waals surface area contributed by atoms with E-state index in [1.54, 1.807) is 12.1 Å². The number of sulfonamides is 1. The van der Waals surface area contributed by atoms with E-state index in [-0.39, 0.29) is 41.8 Å². The summed E-state index contributed by atoms with van der Waals surface area (Å²) in [6.45, 7) is 11.6. The summed E-state index contributed by atoms with van der Waals surface area (Å²) in [6.07, 6.45) is 3.42. The Hall–Kier alpha value is -2.80. The van der Waals surface area contributed by atoms with Crippen LogP contribution in [0.15, 0.2) is 29.2 Å². The van der Waals surface area contributed by atoms with Crippen LogP contribution in [0.3, 0.4) is 0 Å². The van der Waals surface area contributed by atoms with Gasteiger partial charge in [-0.15, -0.1) is 0 Å². The highest BCUT2D eigenvalue weighted by Crippen LogP contribution is 2.40. The van der Waals surface area contributed by atoms with Crippen molar-refractivity contribution in [3.63, 3.8) is 0 Å². The molecule has 1 aromatic heterocycles. The monoisotopic (exact) mass is 616 g/mol. The summed E-state index contributed by atoms with van der Waals surface area (Å²) < 4.78 is 27.1. The van der Waals surface area contributed by atoms with Gasteiger partial charge in [0.2, 0.25) is 21.8 Å². The van der Waals surface area contributed by atoms with Crippen LogP contribution in [0.1, 0.15) is 81.4 Å². The molecule has 0 radical (unpaired) electrons. The van der Waals surface area contributed by atoms with Crippen LogP contribution in [0, 0.1) is 19.8 Å². The number of hydrogen-bond acceptors (Lipinski definition) is 7. The molecular formula is C31H48N6O5S. The summed E-state index contributed by atoms with van der Waals surface area (Å²) in [4.78, 5) is 31.9. The second-order valence-corrected chi connectivity index (χ2v) is 14.5. The maximum Gasteiger partial charge on any atom is 0.246 e. The number of aromatic nitrogens is 2. The third-order valence-electron chi connectivity index (χ3n) is 9.02. The first kappa shape index (κ1) is 33.1. The van der Waals surface area contributed by atoms with Crippen molar-refractivity contribution in [1.82, 2.24) is 29.6 Å². The number of unbranched alkanes of at least 4 members (excludes halogenated alkanes) is 1. The smallest absolute Gasteiger partial charge is 0.246 e. The summed E-state index contributed by atoms with van der Waals surface area (Å²) >= 11 is 0. The van der Waals surface area contributed by atoms with Crippen molar-refractivity contribution in [3.05, 3.63) is 46.8 Å². The summed E-state index contributed by atoms with van der Waals surface area (Å²) in [6, 6.07) is 6.18. The average molecular weight is 617 g/mol. The van der Waals surface area contributed by atoms with Gasteiger partial charge in [-0.25, -0.2) is 8.42 Å². The number of rotatable bonds is 12. The lowest BCUT2D eigenvalue weighted by Crippen LogP contribution is -2.73. The molecule has 2 atom stereocenters. The van der Waals surface area contributed by atoms with Crippen LogP contribution in [-0.4, -0.2) is 101 Å². The zero-order chi connectivity index (χ0) is 31.5. The molecule has 2 aliphatic rings. The van der Waals surface area contributed by atoms with Gasteiger partial charge in [-0.05, 0) is 63.1 Å². The number of nitrogens with one attached hydrogen (secondary N) is 2. The Bertz CT molecular complexity index is 1360. The number of aryl methyl sites for hydroxylation is 2. The SMILES string of the molecule is CCCCN1C(=O)[C@H](CC(C)C)NC(=O)C12CCN(C(c1ccc(S(=O)(=O)N(C)CCO)cc1)c1c(C)n[nH]c1C)CC2.